The first-order chi connectivity index (χ1) is 18.2. The summed E-state index contributed by atoms with van der Waals surface area (Å²) in [6.45, 7) is 0. The minimum atomic E-state index is 0.691. The predicted octanol–water partition coefficient (Wildman–Crippen LogP) is 10.5. The van der Waals surface area contributed by atoms with Crippen LogP contribution in [0, 0.1) is 0 Å². The Kier molecular flexibility index (Phi) is 5.20. The van der Waals surface area contributed by atoms with Gasteiger partial charge in [0.2, 0.25) is 0 Å². The number of nitrogens with zero attached hydrogens (tertiary/aromatic N) is 1. The van der Waals surface area contributed by atoms with Gasteiger partial charge in [-0.05, 0) is 76.5 Å². The van der Waals surface area contributed by atoms with Gasteiger partial charge in [0.25, 0.3) is 0 Å². The van der Waals surface area contributed by atoms with E-state index >= 15 is 0 Å². The molecule has 0 N–H and O–H groups in total. The molecule has 0 unspecified atom stereocenters. The molecule has 2 nitrogen and oxygen atoms in total. The maximum atomic E-state index is 6.78. The average Bonchev–Trinajstić information content (AvgIpc) is 3.31. The highest BCUT2D eigenvalue weighted by atomic mass is 35.5. The van der Waals surface area contributed by atoms with E-state index in [2.05, 4.69) is 102 Å². The third-order valence-corrected chi connectivity index (χ3v) is 7.09. The fourth-order valence-electron chi connectivity index (χ4n) is 5.21. The fourth-order valence-corrected chi connectivity index (χ4v) is 5.44. The van der Waals surface area contributed by atoms with E-state index in [1.165, 1.54) is 10.8 Å². The van der Waals surface area contributed by atoms with Gasteiger partial charge in [-0.25, -0.2) is 0 Å². The molecule has 7 aromatic rings. The first kappa shape index (κ1) is 21.7. The molecule has 0 bridgehead atoms. The van der Waals surface area contributed by atoms with Crippen molar-refractivity contribution in [3.8, 4) is 11.1 Å². The lowest BCUT2D eigenvalue weighted by Crippen LogP contribution is -2.10. The summed E-state index contributed by atoms with van der Waals surface area (Å²) in [5, 5.41) is 5.30. The van der Waals surface area contributed by atoms with E-state index in [0.29, 0.717) is 5.02 Å². The van der Waals surface area contributed by atoms with Crippen LogP contribution in [0.25, 0.3) is 43.8 Å². The molecule has 37 heavy (non-hydrogen) atoms. The zero-order valence-corrected chi connectivity index (χ0v) is 20.7. The van der Waals surface area contributed by atoms with E-state index in [1.54, 1.807) is 0 Å². The number of benzene rings is 6. The van der Waals surface area contributed by atoms with Crippen LogP contribution in [0.3, 0.4) is 0 Å². The molecule has 0 atom stereocenters. The number of para-hydroxylation sites is 2. The maximum Gasteiger partial charge on any atom is 0.135 e. The summed E-state index contributed by atoms with van der Waals surface area (Å²) in [5.74, 6) is 0. The van der Waals surface area contributed by atoms with Crippen molar-refractivity contribution in [2.75, 3.05) is 4.90 Å². The summed E-state index contributed by atoms with van der Waals surface area (Å²) in [5.41, 5.74) is 7.09. The van der Waals surface area contributed by atoms with E-state index < -0.39 is 0 Å². The number of fused-ring (bicyclic) bond motifs is 4. The molecule has 0 aliphatic heterocycles. The lowest BCUT2D eigenvalue weighted by Gasteiger charge is -2.26. The lowest BCUT2D eigenvalue weighted by molar-refractivity contribution is 0.669. The minimum Gasteiger partial charge on any atom is -0.456 e. The molecule has 0 amide bonds. The molecule has 0 aliphatic rings. The summed E-state index contributed by atoms with van der Waals surface area (Å²) in [6.07, 6.45) is 0. The topological polar surface area (TPSA) is 16.4 Å². The second kappa shape index (κ2) is 8.85. The van der Waals surface area contributed by atoms with Crippen LogP contribution in [0.2, 0.25) is 5.02 Å². The zero-order valence-electron chi connectivity index (χ0n) is 19.9. The van der Waals surface area contributed by atoms with Gasteiger partial charge in [0, 0.05) is 32.9 Å². The first-order valence-corrected chi connectivity index (χ1v) is 12.7. The number of hydrogen-bond acceptors (Lipinski definition) is 2. The molecular weight excluding hydrogens is 474 g/mol. The molecule has 3 heteroatoms. The maximum absolute atomic E-state index is 6.78. The average molecular weight is 496 g/mol. The van der Waals surface area contributed by atoms with Gasteiger partial charge in [0.05, 0.1) is 0 Å². The molecule has 0 fully saturated rings. The minimum absolute atomic E-state index is 0.691. The Labute approximate surface area is 220 Å². The third kappa shape index (κ3) is 3.83. The number of halogens is 1. The van der Waals surface area contributed by atoms with Gasteiger partial charge in [-0.15, -0.1) is 0 Å². The summed E-state index contributed by atoms with van der Waals surface area (Å²) >= 11 is 6.78. The standard InChI is InChI=1S/C34H22ClNO/c35-25-19-24(30-15-8-10-23-9-4-5-13-29(23)30)20-28(21-25)36(26-11-2-1-3-12-26)27-17-18-34-32(22-27)31-14-6-7-16-33(31)37-34/h1-22H. The zero-order chi connectivity index (χ0) is 24.8. The van der Waals surface area contributed by atoms with Gasteiger partial charge in [-0.2, -0.15) is 0 Å². The summed E-state index contributed by atoms with van der Waals surface area (Å²) < 4.78 is 6.10. The van der Waals surface area contributed by atoms with Gasteiger partial charge >= 0.3 is 0 Å². The van der Waals surface area contributed by atoms with Crippen LogP contribution in [-0.4, -0.2) is 0 Å². The molecule has 7 rings (SSSR count). The van der Waals surface area contributed by atoms with Gasteiger partial charge in [0.15, 0.2) is 0 Å². The second-order valence-corrected chi connectivity index (χ2v) is 9.61. The molecule has 176 valence electrons. The van der Waals surface area contributed by atoms with Crippen LogP contribution in [-0.2, 0) is 0 Å². The van der Waals surface area contributed by atoms with Crippen molar-refractivity contribution in [2.45, 2.75) is 0 Å². The Morgan fingerprint density at radius 1 is 0.486 bits per heavy atom. The Morgan fingerprint density at radius 2 is 1.22 bits per heavy atom. The molecule has 0 radical (unpaired) electrons. The highest BCUT2D eigenvalue weighted by Crippen LogP contribution is 2.41. The van der Waals surface area contributed by atoms with Gasteiger partial charge in [0.1, 0.15) is 11.2 Å². The van der Waals surface area contributed by atoms with Crippen molar-refractivity contribution in [1.29, 1.82) is 0 Å². The van der Waals surface area contributed by atoms with Crippen LogP contribution < -0.4 is 4.90 Å². The number of rotatable bonds is 4. The number of hydrogen-bond donors (Lipinski definition) is 0. The molecular formula is C34H22ClNO. The highest BCUT2D eigenvalue weighted by molar-refractivity contribution is 6.31. The van der Waals surface area contributed by atoms with Crippen molar-refractivity contribution in [1.82, 2.24) is 0 Å². The van der Waals surface area contributed by atoms with E-state index in [9.17, 15) is 0 Å². The van der Waals surface area contributed by atoms with E-state index in [-0.39, 0.29) is 0 Å². The number of anilines is 3. The van der Waals surface area contributed by atoms with Crippen molar-refractivity contribution >= 4 is 61.4 Å². The number of furan rings is 1. The van der Waals surface area contributed by atoms with Gasteiger partial charge < -0.3 is 9.32 Å². The van der Waals surface area contributed by atoms with E-state index in [4.69, 9.17) is 16.0 Å². The molecule has 0 aliphatic carbocycles. The molecule has 0 saturated carbocycles. The molecule has 0 saturated heterocycles. The lowest BCUT2D eigenvalue weighted by atomic mass is 9.97. The first-order valence-electron chi connectivity index (χ1n) is 12.3. The van der Waals surface area contributed by atoms with Crippen LogP contribution in [0.5, 0.6) is 0 Å². The monoisotopic (exact) mass is 495 g/mol. The van der Waals surface area contributed by atoms with Gasteiger partial charge in [-0.3, -0.25) is 0 Å². The van der Waals surface area contributed by atoms with Gasteiger partial charge in [-0.1, -0.05) is 90.5 Å². The van der Waals surface area contributed by atoms with Crippen molar-refractivity contribution in [2.24, 2.45) is 0 Å². The van der Waals surface area contributed by atoms with Crippen molar-refractivity contribution in [3.05, 3.63) is 138 Å². The third-order valence-electron chi connectivity index (χ3n) is 6.87. The molecule has 1 aromatic heterocycles. The summed E-state index contributed by atoms with van der Waals surface area (Å²) in [4.78, 5) is 2.25. The molecule has 6 aromatic carbocycles. The highest BCUT2D eigenvalue weighted by Gasteiger charge is 2.17. The normalized spacial score (nSPS) is 11.4. The van der Waals surface area contributed by atoms with Crippen LogP contribution in [0.4, 0.5) is 17.1 Å². The van der Waals surface area contributed by atoms with Crippen LogP contribution >= 0.6 is 11.6 Å². The Balaban J connectivity index is 1.45. The Morgan fingerprint density at radius 3 is 2.11 bits per heavy atom. The van der Waals surface area contributed by atoms with E-state index in [0.717, 1.165) is 50.1 Å². The van der Waals surface area contributed by atoms with Crippen LogP contribution in [0.1, 0.15) is 0 Å². The Hall–Kier alpha value is -4.53. The van der Waals surface area contributed by atoms with Crippen LogP contribution in [0.15, 0.2) is 138 Å². The SMILES string of the molecule is Clc1cc(-c2cccc3ccccc23)cc(N(c2ccccc2)c2ccc3oc4ccccc4c3c2)c1. The summed E-state index contributed by atoms with van der Waals surface area (Å²) in [7, 11) is 0. The van der Waals surface area contributed by atoms with E-state index in [1.807, 2.05) is 36.4 Å². The Bertz CT molecular complexity index is 1900. The smallest absolute Gasteiger partial charge is 0.135 e. The van der Waals surface area contributed by atoms with Crippen molar-refractivity contribution < 1.29 is 4.42 Å². The van der Waals surface area contributed by atoms with Crippen molar-refractivity contribution in [3.63, 3.8) is 0 Å². The predicted molar refractivity (Wildman–Crippen MR) is 156 cm³/mol. The second-order valence-electron chi connectivity index (χ2n) is 9.17. The molecule has 1 heterocycles. The largest absolute Gasteiger partial charge is 0.456 e. The quantitative estimate of drug-likeness (QED) is 0.241. The summed E-state index contributed by atoms with van der Waals surface area (Å²) in [6, 6.07) is 46.1. The fraction of sp³-hybridized carbons (Fsp3) is 0. The molecule has 0 spiro atoms.